The predicted octanol–water partition coefficient (Wildman–Crippen LogP) is 5.58. The number of aryl methyl sites for hydroxylation is 1. The molecule has 100 valence electrons. The number of nitriles is 1. The van der Waals surface area contributed by atoms with Gasteiger partial charge in [0.1, 0.15) is 0 Å². The zero-order chi connectivity index (χ0) is 14.4. The fourth-order valence-corrected chi connectivity index (χ4v) is 4.31. The lowest BCUT2D eigenvalue weighted by molar-refractivity contribution is 1.30. The first-order valence-electron chi connectivity index (χ1n) is 6.98. The molecular formula is C19H13NS. The molecule has 0 spiro atoms. The summed E-state index contributed by atoms with van der Waals surface area (Å²) in [5.74, 6) is 0. The Balaban J connectivity index is 2.29. The van der Waals surface area contributed by atoms with Crippen LogP contribution in [0, 0.1) is 18.3 Å². The van der Waals surface area contributed by atoms with E-state index < -0.39 is 0 Å². The van der Waals surface area contributed by atoms with Gasteiger partial charge in [0.2, 0.25) is 0 Å². The summed E-state index contributed by atoms with van der Waals surface area (Å²) in [5, 5.41) is 14.2. The van der Waals surface area contributed by atoms with Gasteiger partial charge in [-0.3, -0.25) is 0 Å². The molecule has 0 bridgehead atoms. The van der Waals surface area contributed by atoms with Crippen LogP contribution in [-0.4, -0.2) is 0 Å². The largest absolute Gasteiger partial charge is 0.198 e. The van der Waals surface area contributed by atoms with E-state index in [0.29, 0.717) is 6.42 Å². The molecule has 0 aliphatic rings. The van der Waals surface area contributed by atoms with E-state index in [0.717, 1.165) is 5.56 Å². The summed E-state index contributed by atoms with van der Waals surface area (Å²) >= 11 is 1.83. The van der Waals surface area contributed by atoms with Gasteiger partial charge in [-0.15, -0.1) is 11.3 Å². The van der Waals surface area contributed by atoms with E-state index in [4.69, 9.17) is 5.26 Å². The molecule has 0 unspecified atom stereocenters. The Morgan fingerprint density at radius 3 is 2.76 bits per heavy atom. The maximum Gasteiger partial charge on any atom is 0.0669 e. The number of nitrogens with zero attached hydrogens (tertiary/aromatic N) is 1. The van der Waals surface area contributed by atoms with Gasteiger partial charge in [-0.05, 0) is 41.5 Å². The summed E-state index contributed by atoms with van der Waals surface area (Å²) in [6, 6.07) is 19.5. The van der Waals surface area contributed by atoms with Crippen LogP contribution in [-0.2, 0) is 6.42 Å². The van der Waals surface area contributed by atoms with E-state index in [2.05, 4.69) is 61.5 Å². The first kappa shape index (κ1) is 12.4. The third kappa shape index (κ3) is 1.82. The average Bonchev–Trinajstić information content (AvgIpc) is 2.88. The van der Waals surface area contributed by atoms with Crippen molar-refractivity contribution >= 4 is 42.3 Å². The zero-order valence-corrected chi connectivity index (χ0v) is 12.5. The fraction of sp³-hybridized carbons (Fsp3) is 0.105. The van der Waals surface area contributed by atoms with E-state index in [-0.39, 0.29) is 0 Å². The Labute approximate surface area is 127 Å². The molecule has 3 aromatic carbocycles. The minimum Gasteiger partial charge on any atom is -0.198 e. The quantitative estimate of drug-likeness (QED) is 0.448. The number of thiophene rings is 1. The maximum absolute atomic E-state index is 9.16. The van der Waals surface area contributed by atoms with Gasteiger partial charge in [-0.1, -0.05) is 35.9 Å². The summed E-state index contributed by atoms with van der Waals surface area (Å²) < 4.78 is 2.60. The number of rotatable bonds is 1. The molecule has 0 aliphatic heterocycles. The van der Waals surface area contributed by atoms with Crippen LogP contribution >= 0.6 is 11.3 Å². The van der Waals surface area contributed by atoms with Crippen LogP contribution in [0.5, 0.6) is 0 Å². The van der Waals surface area contributed by atoms with Crippen LogP contribution < -0.4 is 0 Å². The molecule has 4 rings (SSSR count). The molecule has 1 heterocycles. The van der Waals surface area contributed by atoms with Crippen molar-refractivity contribution < 1.29 is 0 Å². The van der Waals surface area contributed by atoms with Crippen molar-refractivity contribution in [3.63, 3.8) is 0 Å². The number of hydrogen-bond donors (Lipinski definition) is 0. The summed E-state index contributed by atoms with van der Waals surface area (Å²) in [6.07, 6.45) is 0.459. The van der Waals surface area contributed by atoms with Crippen LogP contribution in [0.15, 0.2) is 48.5 Å². The monoisotopic (exact) mass is 287 g/mol. The van der Waals surface area contributed by atoms with Crippen molar-refractivity contribution in [2.75, 3.05) is 0 Å². The first-order valence-corrected chi connectivity index (χ1v) is 7.80. The molecule has 1 aromatic heterocycles. The first-order chi connectivity index (χ1) is 10.3. The predicted molar refractivity (Wildman–Crippen MR) is 90.9 cm³/mol. The van der Waals surface area contributed by atoms with Crippen LogP contribution in [0.2, 0.25) is 0 Å². The Morgan fingerprint density at radius 2 is 1.90 bits per heavy atom. The topological polar surface area (TPSA) is 23.8 Å². The highest BCUT2D eigenvalue weighted by Gasteiger charge is 2.12. The van der Waals surface area contributed by atoms with E-state index in [1.54, 1.807) is 0 Å². The lowest BCUT2D eigenvalue weighted by atomic mass is 9.98. The van der Waals surface area contributed by atoms with Gasteiger partial charge in [-0.2, -0.15) is 5.26 Å². The molecule has 21 heavy (non-hydrogen) atoms. The third-order valence-electron chi connectivity index (χ3n) is 3.97. The highest BCUT2D eigenvalue weighted by Crippen LogP contribution is 2.40. The van der Waals surface area contributed by atoms with Crippen molar-refractivity contribution in [3.8, 4) is 6.07 Å². The molecule has 0 fully saturated rings. The van der Waals surface area contributed by atoms with Crippen molar-refractivity contribution in [2.45, 2.75) is 13.3 Å². The highest BCUT2D eigenvalue weighted by molar-refractivity contribution is 7.26. The minimum absolute atomic E-state index is 0.459. The Hall–Kier alpha value is -2.37. The zero-order valence-electron chi connectivity index (χ0n) is 11.7. The summed E-state index contributed by atoms with van der Waals surface area (Å²) in [7, 11) is 0. The Morgan fingerprint density at radius 1 is 1.05 bits per heavy atom. The van der Waals surface area contributed by atoms with Gasteiger partial charge in [0, 0.05) is 20.2 Å². The molecule has 0 atom stereocenters. The molecule has 4 aromatic rings. The van der Waals surface area contributed by atoms with Crippen LogP contribution in [0.3, 0.4) is 0 Å². The Kier molecular flexibility index (Phi) is 2.70. The third-order valence-corrected chi connectivity index (χ3v) is 5.17. The molecule has 0 radical (unpaired) electrons. The molecule has 0 N–H and O–H groups in total. The van der Waals surface area contributed by atoms with Gasteiger partial charge in [0.25, 0.3) is 0 Å². The van der Waals surface area contributed by atoms with E-state index in [1.807, 2.05) is 11.3 Å². The molecule has 0 aliphatic carbocycles. The standard InChI is InChI=1S/C19H13NS/c1-12-6-7-13-11-14(8-9-20)18-15-4-2-3-5-17(15)21-19(18)16(13)10-12/h2-7,10-11H,8H2,1H3. The van der Waals surface area contributed by atoms with Crippen molar-refractivity contribution in [3.05, 3.63) is 59.7 Å². The molecule has 0 amide bonds. The summed E-state index contributed by atoms with van der Waals surface area (Å²) in [6.45, 7) is 2.13. The van der Waals surface area contributed by atoms with Crippen LogP contribution in [0.25, 0.3) is 30.9 Å². The Bertz CT molecular complexity index is 1030. The van der Waals surface area contributed by atoms with Gasteiger partial charge >= 0.3 is 0 Å². The molecular weight excluding hydrogens is 274 g/mol. The number of hydrogen-bond acceptors (Lipinski definition) is 2. The minimum atomic E-state index is 0.459. The second-order valence-electron chi connectivity index (χ2n) is 5.40. The second kappa shape index (κ2) is 4.58. The van der Waals surface area contributed by atoms with Crippen LogP contribution in [0.4, 0.5) is 0 Å². The SMILES string of the molecule is Cc1ccc2cc(CC#N)c3c4ccccc4sc3c2c1. The normalized spacial score (nSPS) is 11.2. The fourth-order valence-electron chi connectivity index (χ4n) is 3.03. The molecule has 0 saturated heterocycles. The number of fused-ring (bicyclic) bond motifs is 5. The summed E-state index contributed by atoms with van der Waals surface area (Å²) in [4.78, 5) is 0. The summed E-state index contributed by atoms with van der Waals surface area (Å²) in [5.41, 5.74) is 2.41. The number of benzene rings is 3. The van der Waals surface area contributed by atoms with Gasteiger partial charge in [0.15, 0.2) is 0 Å². The van der Waals surface area contributed by atoms with Crippen molar-refractivity contribution in [2.24, 2.45) is 0 Å². The lowest BCUT2D eigenvalue weighted by Gasteiger charge is -2.06. The van der Waals surface area contributed by atoms with Gasteiger partial charge in [0.05, 0.1) is 12.5 Å². The van der Waals surface area contributed by atoms with Gasteiger partial charge < -0.3 is 0 Å². The van der Waals surface area contributed by atoms with Crippen LogP contribution in [0.1, 0.15) is 11.1 Å². The maximum atomic E-state index is 9.16. The van der Waals surface area contributed by atoms with E-state index in [9.17, 15) is 0 Å². The van der Waals surface area contributed by atoms with Crippen molar-refractivity contribution in [1.82, 2.24) is 0 Å². The van der Waals surface area contributed by atoms with E-state index in [1.165, 1.54) is 36.5 Å². The molecule has 0 saturated carbocycles. The molecule has 1 nitrogen and oxygen atoms in total. The van der Waals surface area contributed by atoms with E-state index >= 15 is 0 Å². The average molecular weight is 287 g/mol. The second-order valence-corrected chi connectivity index (χ2v) is 6.45. The van der Waals surface area contributed by atoms with Gasteiger partial charge in [-0.25, -0.2) is 0 Å². The highest BCUT2D eigenvalue weighted by atomic mass is 32.1. The lowest BCUT2D eigenvalue weighted by Crippen LogP contribution is -1.85. The van der Waals surface area contributed by atoms with Crippen molar-refractivity contribution in [1.29, 1.82) is 5.26 Å². The molecule has 2 heteroatoms. The smallest absolute Gasteiger partial charge is 0.0669 e.